The summed E-state index contributed by atoms with van der Waals surface area (Å²) in [5.74, 6) is 1.69. The Hall–Kier alpha value is 0.250. The van der Waals surface area contributed by atoms with Crippen molar-refractivity contribution >= 4 is 67.8 Å². The molecule has 0 aromatic rings. The zero-order valence-corrected chi connectivity index (χ0v) is 24.4. The van der Waals surface area contributed by atoms with Crippen LogP contribution in [0.3, 0.4) is 0 Å². The maximum absolute atomic E-state index is 12.2. The molecule has 0 saturated carbocycles. The number of primary amides is 1. The minimum absolute atomic E-state index is 0.423. The molecule has 2 aliphatic heterocycles. The molecule has 0 aliphatic carbocycles. The Bertz CT molecular complexity index is 627. The van der Waals surface area contributed by atoms with E-state index >= 15 is 0 Å². The van der Waals surface area contributed by atoms with Gasteiger partial charge in [-0.2, -0.15) is 5.01 Å². The molecule has 2 saturated heterocycles. The van der Waals surface area contributed by atoms with Crippen LogP contribution in [0.5, 0.6) is 0 Å². The fraction of sp³-hybridized carbons (Fsp3) is 0.938. The molecule has 2 unspecified atom stereocenters. The lowest BCUT2D eigenvalue weighted by atomic mass is 10.5. The largest absolute Gasteiger partial charge is 0.350 e. The van der Waals surface area contributed by atoms with Gasteiger partial charge in [-0.15, -0.1) is 51.3 Å². The Morgan fingerprint density at radius 2 is 1.20 bits per heavy atom. The highest BCUT2D eigenvalue weighted by atomic mass is 35.5. The second-order valence-corrected chi connectivity index (χ2v) is 12.7. The zero-order chi connectivity index (χ0) is 26.7. The summed E-state index contributed by atoms with van der Waals surface area (Å²) < 4.78 is 38.3. The van der Waals surface area contributed by atoms with Crippen molar-refractivity contribution in [2.45, 2.75) is 12.8 Å². The molecule has 2 fully saturated rings. The van der Waals surface area contributed by atoms with Crippen LogP contribution in [-0.2, 0) is 18.2 Å². The van der Waals surface area contributed by atoms with E-state index in [-0.39, 0.29) is 0 Å². The van der Waals surface area contributed by atoms with Crippen LogP contribution in [0.2, 0.25) is 0 Å². The van der Waals surface area contributed by atoms with Crippen LogP contribution in [0, 0.1) is 4.91 Å². The first kappa shape index (κ1) is 35.2. The third-order valence-electron chi connectivity index (χ3n) is 4.35. The molecule has 2 aliphatic rings. The van der Waals surface area contributed by atoms with Crippen LogP contribution in [0.1, 0.15) is 12.8 Å². The molecule has 208 valence electrons. The highest BCUT2D eigenvalue weighted by Gasteiger charge is 2.33. The fourth-order valence-electron chi connectivity index (χ4n) is 2.60. The Kier molecular flexibility index (Phi) is 20.4. The average Bonchev–Trinajstić information content (AvgIpc) is 2.85. The van der Waals surface area contributed by atoms with Crippen LogP contribution < -0.4 is 15.9 Å². The third-order valence-corrected chi connectivity index (χ3v) is 9.63. The minimum atomic E-state index is -2.84. The van der Waals surface area contributed by atoms with Crippen molar-refractivity contribution in [3.63, 3.8) is 0 Å². The van der Waals surface area contributed by atoms with Crippen LogP contribution in [0.15, 0.2) is 5.29 Å². The SMILES string of the molecule is CN(N=O)C(N)=O.O=P1(N(CCCl)CCCl)NCCCO1.O=P1(N(CCCl)CCCl)NCCCO1. The lowest BCUT2D eigenvalue weighted by Crippen LogP contribution is -2.35. The van der Waals surface area contributed by atoms with Gasteiger partial charge >= 0.3 is 21.4 Å². The number of carbonyl (C=O) groups excluding carboxylic acids is 1. The first-order valence-electron chi connectivity index (χ1n) is 10.7. The number of nitrogens with two attached hydrogens (primary N) is 1. The maximum atomic E-state index is 12.2. The minimum Gasteiger partial charge on any atom is -0.350 e. The van der Waals surface area contributed by atoms with Gasteiger partial charge in [0.2, 0.25) is 0 Å². The number of rotatable bonds is 11. The number of hydrogen-bond donors (Lipinski definition) is 3. The monoisotopic (exact) mass is 623 g/mol. The van der Waals surface area contributed by atoms with Crippen molar-refractivity contribution in [2.24, 2.45) is 11.0 Å². The van der Waals surface area contributed by atoms with Crippen LogP contribution >= 0.6 is 61.7 Å². The molecule has 2 rings (SSSR count). The molecule has 2 atom stereocenters. The predicted octanol–water partition coefficient (Wildman–Crippen LogP) is 3.45. The van der Waals surface area contributed by atoms with Gasteiger partial charge in [0.05, 0.1) is 18.5 Å². The summed E-state index contributed by atoms with van der Waals surface area (Å²) in [6.07, 6.45) is 1.78. The number of nitrogens with one attached hydrogen (secondary N) is 2. The molecule has 4 N–H and O–H groups in total. The standard InChI is InChI=1S/2C7H15Cl2N2O2P.C2H5N3O2/c2*8-2-5-11(6-3-9)14(12)10-4-1-7-13-14;1-5(4-7)2(3)6/h2*1-7H2,(H,10,12);1H3,(H2,3,6). The lowest BCUT2D eigenvalue weighted by molar-refractivity contribution is 0.219. The van der Waals surface area contributed by atoms with Gasteiger partial charge in [0.15, 0.2) is 0 Å². The quantitative estimate of drug-likeness (QED) is 0.134. The van der Waals surface area contributed by atoms with E-state index in [9.17, 15) is 18.8 Å². The second kappa shape index (κ2) is 20.2. The zero-order valence-electron chi connectivity index (χ0n) is 19.6. The Morgan fingerprint density at radius 3 is 1.37 bits per heavy atom. The number of nitrogens with zero attached hydrogens (tertiary/aromatic N) is 4. The Balaban J connectivity index is 0.000000526. The summed E-state index contributed by atoms with van der Waals surface area (Å²) >= 11 is 22.5. The van der Waals surface area contributed by atoms with E-state index in [4.69, 9.17) is 55.5 Å². The number of hydrogen-bond acceptors (Lipinski definition) is 7. The van der Waals surface area contributed by atoms with E-state index in [0.717, 1.165) is 25.9 Å². The van der Waals surface area contributed by atoms with E-state index in [2.05, 4.69) is 21.2 Å². The smallest absolute Gasteiger partial charge is 0.343 e. The van der Waals surface area contributed by atoms with Crippen molar-refractivity contribution < 1.29 is 23.0 Å². The van der Waals surface area contributed by atoms with Gasteiger partial charge in [0.25, 0.3) is 0 Å². The van der Waals surface area contributed by atoms with E-state index < -0.39 is 21.4 Å². The van der Waals surface area contributed by atoms with Crippen LogP contribution in [0.4, 0.5) is 4.79 Å². The first-order valence-corrected chi connectivity index (χ1v) is 16.0. The summed E-state index contributed by atoms with van der Waals surface area (Å²) in [6, 6.07) is -0.852. The molecule has 0 bridgehead atoms. The summed E-state index contributed by atoms with van der Waals surface area (Å²) in [5, 5.41) is 8.51. The second-order valence-electron chi connectivity index (χ2n) is 6.84. The molecular weight excluding hydrogens is 590 g/mol. The number of amides is 2. The summed E-state index contributed by atoms with van der Waals surface area (Å²) in [5.41, 5.74) is 4.54. The third kappa shape index (κ3) is 14.1. The predicted molar refractivity (Wildman–Crippen MR) is 142 cm³/mol. The van der Waals surface area contributed by atoms with Gasteiger partial charge in [-0.05, 0) is 12.8 Å². The van der Waals surface area contributed by atoms with Crippen molar-refractivity contribution in [1.29, 1.82) is 0 Å². The highest BCUT2D eigenvalue weighted by Crippen LogP contribution is 2.48. The molecule has 0 radical (unpaired) electrons. The highest BCUT2D eigenvalue weighted by molar-refractivity contribution is 7.54. The topological polar surface area (TPSA) is 159 Å². The molecule has 0 aromatic heterocycles. The molecule has 35 heavy (non-hydrogen) atoms. The van der Waals surface area contributed by atoms with Crippen LogP contribution in [0.25, 0.3) is 0 Å². The molecule has 2 heterocycles. The Labute approximate surface area is 226 Å². The van der Waals surface area contributed by atoms with E-state index in [1.807, 2.05) is 0 Å². The average molecular weight is 625 g/mol. The van der Waals surface area contributed by atoms with Gasteiger partial charge in [0.1, 0.15) is 0 Å². The molecule has 19 heteroatoms. The molecular formula is C16H35Cl4N7O6P2. The summed E-state index contributed by atoms with van der Waals surface area (Å²) in [4.78, 5) is 19.1. The fourth-order valence-corrected chi connectivity index (χ4v) is 7.88. The molecule has 0 spiro atoms. The van der Waals surface area contributed by atoms with Crippen molar-refractivity contribution in [1.82, 2.24) is 24.5 Å². The van der Waals surface area contributed by atoms with Crippen molar-refractivity contribution in [2.75, 3.05) is 83.0 Å². The summed E-state index contributed by atoms with van der Waals surface area (Å²) in [6.45, 7) is 4.61. The number of alkyl halides is 4. The Morgan fingerprint density at radius 1 is 0.857 bits per heavy atom. The first-order chi connectivity index (χ1) is 16.6. The van der Waals surface area contributed by atoms with E-state index in [1.165, 1.54) is 7.05 Å². The van der Waals surface area contributed by atoms with Gasteiger partial charge in [-0.25, -0.2) is 24.3 Å². The van der Waals surface area contributed by atoms with Crippen molar-refractivity contribution in [3.05, 3.63) is 4.91 Å². The van der Waals surface area contributed by atoms with Crippen LogP contribution in [-0.4, -0.2) is 103 Å². The van der Waals surface area contributed by atoms with E-state index in [0.29, 0.717) is 67.9 Å². The number of carbonyl (C=O) groups is 1. The van der Waals surface area contributed by atoms with Gasteiger partial charge in [-0.3, -0.25) is 9.13 Å². The van der Waals surface area contributed by atoms with Gasteiger partial charge < -0.3 is 14.8 Å². The lowest BCUT2D eigenvalue weighted by Gasteiger charge is -2.33. The summed E-state index contributed by atoms with van der Waals surface area (Å²) in [7, 11) is -4.51. The van der Waals surface area contributed by atoms with Gasteiger partial charge in [-0.1, -0.05) is 0 Å². The maximum Gasteiger partial charge on any atom is 0.343 e. The number of halogens is 4. The molecule has 2 amide bonds. The van der Waals surface area contributed by atoms with Crippen molar-refractivity contribution in [3.8, 4) is 0 Å². The molecule has 13 nitrogen and oxygen atoms in total. The number of nitroso groups, excluding NO2 is 1. The normalized spacial score (nSPS) is 24.1. The number of urea groups is 1. The molecule has 0 aromatic carbocycles. The van der Waals surface area contributed by atoms with E-state index in [1.54, 1.807) is 9.34 Å². The van der Waals surface area contributed by atoms with Gasteiger partial charge in [0, 0.05) is 69.8 Å².